The van der Waals surface area contributed by atoms with Gasteiger partial charge in [-0.1, -0.05) is 126 Å². The predicted octanol–water partition coefficient (Wildman–Crippen LogP) is 11.7. The zero-order valence-corrected chi connectivity index (χ0v) is 29.7. The van der Waals surface area contributed by atoms with Crippen LogP contribution in [0.15, 0.2) is 97.1 Å². The SMILES string of the molecule is CCCCN(CCCC)c1ccc(/C=C/C=C(\C#N)c2ccc(/C(C#N)=C\C=C\c3ccc(N(CCCC)CCCC)cc3)cc2)cc1. The summed E-state index contributed by atoms with van der Waals surface area (Å²) in [5.41, 5.74) is 7.54. The van der Waals surface area contributed by atoms with Crippen LogP contribution in [0.4, 0.5) is 11.4 Å². The van der Waals surface area contributed by atoms with E-state index in [1.54, 1.807) is 0 Å². The second kappa shape index (κ2) is 21.9. The highest BCUT2D eigenvalue weighted by Gasteiger charge is 2.07. The Labute approximate surface area is 291 Å². The molecule has 3 rings (SSSR count). The van der Waals surface area contributed by atoms with Crippen molar-refractivity contribution in [3.05, 3.63) is 119 Å². The molecule has 0 aromatic heterocycles. The van der Waals surface area contributed by atoms with Gasteiger partial charge in [0.15, 0.2) is 0 Å². The molecule has 0 amide bonds. The molecule has 48 heavy (non-hydrogen) atoms. The second-order valence-corrected chi connectivity index (χ2v) is 12.3. The summed E-state index contributed by atoms with van der Waals surface area (Å²) in [4.78, 5) is 4.97. The van der Waals surface area contributed by atoms with E-state index in [9.17, 15) is 10.5 Å². The largest absolute Gasteiger partial charge is 0.372 e. The van der Waals surface area contributed by atoms with Crippen molar-refractivity contribution in [2.24, 2.45) is 0 Å². The molecule has 0 bridgehead atoms. The molecule has 0 N–H and O–H groups in total. The minimum absolute atomic E-state index is 0.577. The Bertz CT molecular complexity index is 1420. The van der Waals surface area contributed by atoms with E-state index in [1.165, 1.54) is 62.7 Å². The van der Waals surface area contributed by atoms with Gasteiger partial charge in [0.1, 0.15) is 0 Å². The third-order valence-electron chi connectivity index (χ3n) is 8.49. The van der Waals surface area contributed by atoms with E-state index in [4.69, 9.17) is 0 Å². The smallest absolute Gasteiger partial charge is 0.0997 e. The van der Waals surface area contributed by atoms with Crippen molar-refractivity contribution in [2.75, 3.05) is 36.0 Å². The molecular weight excluding hydrogens is 585 g/mol. The van der Waals surface area contributed by atoms with Crippen LogP contribution in [-0.2, 0) is 0 Å². The highest BCUT2D eigenvalue weighted by molar-refractivity contribution is 5.82. The second-order valence-electron chi connectivity index (χ2n) is 12.3. The Kier molecular flexibility index (Phi) is 17.2. The van der Waals surface area contributed by atoms with Crippen LogP contribution in [0.2, 0.25) is 0 Å². The standard InChI is InChI=1S/C44H54N4/c1-5-9-31-47(32-10-6-2)43-27-19-37(20-28-43)15-13-17-41(35-45)39-23-25-40(26-24-39)42(36-46)18-14-16-38-21-29-44(30-22-38)48(33-11-7-3)34-12-8-4/h13-30H,5-12,31-34H2,1-4H3/b15-13+,16-14+,41-17-,42-18+. The molecule has 0 fully saturated rings. The molecule has 4 heteroatoms. The number of benzene rings is 3. The van der Waals surface area contributed by atoms with Gasteiger partial charge in [0, 0.05) is 37.6 Å². The number of unbranched alkanes of at least 4 members (excludes halogenated alkanes) is 4. The van der Waals surface area contributed by atoms with Gasteiger partial charge in [-0.05, 0) is 84.4 Å². The van der Waals surface area contributed by atoms with Crippen LogP contribution in [0.1, 0.15) is 101 Å². The third-order valence-corrected chi connectivity index (χ3v) is 8.49. The summed E-state index contributed by atoms with van der Waals surface area (Å²) in [6.07, 6.45) is 21.2. The summed E-state index contributed by atoms with van der Waals surface area (Å²) >= 11 is 0. The zero-order valence-electron chi connectivity index (χ0n) is 29.7. The molecule has 0 spiro atoms. The van der Waals surface area contributed by atoms with E-state index >= 15 is 0 Å². The first-order chi connectivity index (χ1) is 23.6. The van der Waals surface area contributed by atoms with Gasteiger partial charge >= 0.3 is 0 Å². The molecule has 0 aliphatic carbocycles. The van der Waals surface area contributed by atoms with Crippen molar-refractivity contribution in [3.63, 3.8) is 0 Å². The number of nitrogens with zero attached hydrogens (tertiary/aromatic N) is 4. The Hall–Kier alpha value is -4.80. The Balaban J connectivity index is 1.65. The van der Waals surface area contributed by atoms with Gasteiger partial charge in [-0.2, -0.15) is 10.5 Å². The summed E-state index contributed by atoms with van der Waals surface area (Å²) < 4.78 is 0. The molecule has 250 valence electrons. The van der Waals surface area contributed by atoms with Gasteiger partial charge in [-0.25, -0.2) is 0 Å². The number of rotatable bonds is 20. The fourth-order valence-electron chi connectivity index (χ4n) is 5.46. The predicted molar refractivity (Wildman–Crippen MR) is 209 cm³/mol. The summed E-state index contributed by atoms with van der Waals surface area (Å²) in [6, 6.07) is 29.6. The Morgan fingerprint density at radius 3 is 1.08 bits per heavy atom. The maximum Gasteiger partial charge on any atom is 0.0997 e. The van der Waals surface area contributed by atoms with Gasteiger partial charge in [0.2, 0.25) is 0 Å². The summed E-state index contributed by atoms with van der Waals surface area (Å²) in [5.74, 6) is 0. The normalized spacial score (nSPS) is 12.0. The van der Waals surface area contributed by atoms with E-state index in [0.717, 1.165) is 48.4 Å². The molecule has 0 saturated carbocycles. The van der Waals surface area contributed by atoms with Crippen molar-refractivity contribution in [2.45, 2.75) is 79.1 Å². The molecular formula is C44H54N4. The third kappa shape index (κ3) is 12.4. The molecule has 3 aromatic carbocycles. The molecule has 3 aromatic rings. The van der Waals surface area contributed by atoms with E-state index < -0.39 is 0 Å². The Morgan fingerprint density at radius 1 is 0.500 bits per heavy atom. The van der Waals surface area contributed by atoms with Crippen LogP contribution >= 0.6 is 0 Å². The highest BCUT2D eigenvalue weighted by atomic mass is 15.1. The molecule has 0 heterocycles. The number of anilines is 2. The monoisotopic (exact) mass is 638 g/mol. The van der Waals surface area contributed by atoms with Gasteiger partial charge < -0.3 is 9.80 Å². The van der Waals surface area contributed by atoms with Gasteiger partial charge in [-0.3, -0.25) is 0 Å². The van der Waals surface area contributed by atoms with Gasteiger partial charge in [-0.15, -0.1) is 0 Å². The van der Waals surface area contributed by atoms with E-state index in [1.807, 2.05) is 60.7 Å². The molecule has 0 radical (unpaired) electrons. The summed E-state index contributed by atoms with van der Waals surface area (Å²) in [6.45, 7) is 13.3. The molecule has 0 unspecified atom stereocenters. The van der Waals surface area contributed by atoms with Crippen LogP contribution in [0.5, 0.6) is 0 Å². The van der Waals surface area contributed by atoms with Crippen molar-refractivity contribution >= 4 is 34.7 Å². The minimum Gasteiger partial charge on any atom is -0.372 e. The first-order valence-electron chi connectivity index (χ1n) is 17.9. The molecule has 0 aliphatic heterocycles. The first kappa shape index (κ1) is 37.7. The van der Waals surface area contributed by atoms with Crippen molar-refractivity contribution < 1.29 is 0 Å². The molecule has 0 atom stereocenters. The van der Waals surface area contributed by atoms with Crippen molar-refractivity contribution in [1.29, 1.82) is 10.5 Å². The van der Waals surface area contributed by atoms with Crippen LogP contribution in [-0.4, -0.2) is 26.2 Å². The summed E-state index contributed by atoms with van der Waals surface area (Å²) in [7, 11) is 0. The lowest BCUT2D eigenvalue weighted by atomic mass is 10.0. The molecule has 0 aliphatic rings. The average molecular weight is 639 g/mol. The Morgan fingerprint density at radius 2 is 0.812 bits per heavy atom. The average Bonchev–Trinajstić information content (AvgIpc) is 3.13. The fourth-order valence-corrected chi connectivity index (χ4v) is 5.46. The molecule has 0 saturated heterocycles. The van der Waals surface area contributed by atoms with E-state index in [2.05, 4.69) is 98.2 Å². The first-order valence-corrected chi connectivity index (χ1v) is 17.9. The summed E-state index contributed by atoms with van der Waals surface area (Å²) in [5, 5.41) is 19.7. The lowest BCUT2D eigenvalue weighted by Gasteiger charge is -2.24. The maximum absolute atomic E-state index is 9.86. The van der Waals surface area contributed by atoms with Crippen molar-refractivity contribution in [3.8, 4) is 12.1 Å². The van der Waals surface area contributed by atoms with E-state index in [-0.39, 0.29) is 0 Å². The van der Waals surface area contributed by atoms with Crippen LogP contribution in [0, 0.1) is 22.7 Å². The van der Waals surface area contributed by atoms with E-state index in [0.29, 0.717) is 11.1 Å². The lowest BCUT2D eigenvalue weighted by molar-refractivity contribution is 0.678. The zero-order chi connectivity index (χ0) is 34.4. The lowest BCUT2D eigenvalue weighted by Crippen LogP contribution is -2.25. The van der Waals surface area contributed by atoms with Gasteiger partial charge in [0.25, 0.3) is 0 Å². The number of allylic oxidation sites excluding steroid dienone is 6. The highest BCUT2D eigenvalue weighted by Crippen LogP contribution is 2.22. The van der Waals surface area contributed by atoms with Crippen molar-refractivity contribution in [1.82, 2.24) is 0 Å². The van der Waals surface area contributed by atoms with Crippen LogP contribution in [0.25, 0.3) is 23.3 Å². The fraction of sp³-hybridized carbons (Fsp3) is 0.364. The topological polar surface area (TPSA) is 54.1 Å². The number of hydrogen-bond donors (Lipinski definition) is 0. The molecule has 4 nitrogen and oxygen atoms in total. The number of nitriles is 2. The van der Waals surface area contributed by atoms with Gasteiger partial charge in [0.05, 0.1) is 23.3 Å². The minimum atomic E-state index is 0.577. The quantitative estimate of drug-likeness (QED) is 0.0912. The maximum atomic E-state index is 9.86. The van der Waals surface area contributed by atoms with Crippen LogP contribution < -0.4 is 9.80 Å². The van der Waals surface area contributed by atoms with Crippen LogP contribution in [0.3, 0.4) is 0 Å². The number of hydrogen-bond acceptors (Lipinski definition) is 4.